The number of fused-ring (bicyclic) bond motifs is 7. The van der Waals surface area contributed by atoms with Crippen molar-refractivity contribution in [3.05, 3.63) is 102 Å². The molecule has 2 aromatic carbocycles. The summed E-state index contributed by atoms with van der Waals surface area (Å²) in [5, 5.41) is 21.0. The van der Waals surface area contributed by atoms with Crippen molar-refractivity contribution < 1.29 is 43.7 Å². The van der Waals surface area contributed by atoms with E-state index in [0.717, 1.165) is 43.6 Å². The van der Waals surface area contributed by atoms with Crippen molar-refractivity contribution in [3.63, 3.8) is 0 Å². The lowest BCUT2D eigenvalue weighted by Gasteiger charge is -2.39. The number of nitrogens with zero attached hydrogens (tertiary/aromatic N) is 5. The number of aromatic nitrogens is 2. The quantitative estimate of drug-likeness (QED) is 0.231. The first-order chi connectivity index (χ1) is 27.3. The van der Waals surface area contributed by atoms with Gasteiger partial charge in [0.05, 0.1) is 11.6 Å². The second kappa shape index (κ2) is 19.9. The largest absolute Gasteiger partial charge is 0.488 e. The average Bonchev–Trinajstić information content (AvgIpc) is 3.20. The van der Waals surface area contributed by atoms with Crippen molar-refractivity contribution in [2.24, 2.45) is 0 Å². The maximum Gasteiger partial charge on any atom is 0.300 e. The van der Waals surface area contributed by atoms with E-state index >= 15 is 0 Å². The Morgan fingerprint density at radius 2 is 1.53 bits per heavy atom. The molecule has 0 radical (unpaired) electrons. The van der Waals surface area contributed by atoms with Crippen molar-refractivity contribution in [1.82, 2.24) is 30.4 Å². The smallest absolute Gasteiger partial charge is 0.300 e. The molecule has 6 heterocycles. The zero-order chi connectivity index (χ0) is 40.9. The number of anilines is 1. The second-order valence-corrected chi connectivity index (χ2v) is 13.7. The third-order valence-corrected chi connectivity index (χ3v) is 9.21. The van der Waals surface area contributed by atoms with Gasteiger partial charge in [0.1, 0.15) is 23.4 Å². The van der Waals surface area contributed by atoms with Gasteiger partial charge >= 0.3 is 0 Å². The molecule has 6 bridgehead atoms. The fraction of sp³-hybridized carbons (Fsp3) is 0.341. The number of hydrogen-bond donors (Lipinski definition) is 4. The predicted molar refractivity (Wildman–Crippen MR) is 210 cm³/mol. The Hall–Kier alpha value is -6.55. The van der Waals surface area contributed by atoms with Crippen LogP contribution in [0.5, 0.6) is 11.5 Å². The van der Waals surface area contributed by atoms with Gasteiger partial charge in [0.25, 0.3) is 29.7 Å². The average molecular weight is 782 g/mol. The summed E-state index contributed by atoms with van der Waals surface area (Å²) in [4.78, 5) is 72.9. The molecule has 3 amide bonds. The maximum absolute atomic E-state index is 13.8. The number of rotatable bonds is 2. The molecule has 57 heavy (non-hydrogen) atoms. The fourth-order valence-electron chi connectivity index (χ4n) is 6.34. The number of carboxylic acid groups (broad SMARTS) is 2. The Labute approximate surface area is 330 Å². The molecule has 0 unspecified atom stereocenters. The molecular weight excluding hydrogens is 734 g/mol. The number of carbonyl (C=O) groups is 5. The molecule has 16 nitrogen and oxygen atoms in total. The van der Waals surface area contributed by atoms with Crippen LogP contribution in [0.4, 0.5) is 5.82 Å². The summed E-state index contributed by atoms with van der Waals surface area (Å²) >= 11 is 0. The minimum Gasteiger partial charge on any atom is -0.488 e. The molecule has 4 aliphatic rings. The summed E-state index contributed by atoms with van der Waals surface area (Å²) in [7, 11) is 2.06. The molecule has 2 atom stereocenters. The van der Waals surface area contributed by atoms with Crippen molar-refractivity contribution in [3.8, 4) is 22.6 Å². The first kappa shape index (κ1) is 41.6. The predicted octanol–water partition coefficient (Wildman–Crippen LogP) is 3.18. The molecule has 0 aliphatic carbocycles. The van der Waals surface area contributed by atoms with Gasteiger partial charge in [0.2, 0.25) is 0 Å². The van der Waals surface area contributed by atoms with Crippen LogP contribution in [-0.2, 0) is 20.9 Å². The minimum atomic E-state index is -0.833. The molecule has 4 aromatic rings. The molecule has 0 spiro atoms. The van der Waals surface area contributed by atoms with E-state index in [0.29, 0.717) is 67.6 Å². The summed E-state index contributed by atoms with van der Waals surface area (Å²) in [6.07, 6.45) is 5.17. The Bertz CT molecular complexity index is 2020. The van der Waals surface area contributed by atoms with Crippen LogP contribution in [0.2, 0.25) is 0 Å². The van der Waals surface area contributed by atoms with Gasteiger partial charge in [-0.15, -0.1) is 0 Å². The minimum absolute atomic E-state index is 0.00157. The summed E-state index contributed by atoms with van der Waals surface area (Å²) in [5.41, 5.74) is 3.45. The Balaban J connectivity index is 0.000000710. The van der Waals surface area contributed by atoms with E-state index in [9.17, 15) is 14.4 Å². The van der Waals surface area contributed by atoms with Gasteiger partial charge in [0, 0.05) is 95.8 Å². The number of likely N-dealkylation sites (N-methyl/N-ethyl adjacent to an activating group) is 1. The number of ether oxygens (including phenoxy) is 2. The highest BCUT2D eigenvalue weighted by molar-refractivity contribution is 5.96. The molecule has 2 aromatic heterocycles. The summed E-state index contributed by atoms with van der Waals surface area (Å²) < 4.78 is 12.3. The van der Waals surface area contributed by atoms with E-state index in [1.165, 1.54) is 0 Å². The molecule has 16 heteroatoms. The van der Waals surface area contributed by atoms with E-state index in [2.05, 4.69) is 37.4 Å². The molecule has 8 rings (SSSR count). The molecule has 2 fully saturated rings. The number of carboxylic acids is 2. The van der Waals surface area contributed by atoms with Crippen LogP contribution >= 0.6 is 0 Å². The van der Waals surface area contributed by atoms with Crippen molar-refractivity contribution >= 4 is 35.5 Å². The number of nitrogens with one attached hydrogen (secondary N) is 2. The SMILES string of the molecule is CC(=O)O.CC(=O)O.CN1CCN(C(=O)c2ccnc(N3CC[C@@H]4Oc5ccc(cc5)CNC(=O)COc5cccc(c5)-c5cncc(c5)C(=O)N[C@@H]4C3)c2)CC1. The highest BCUT2D eigenvalue weighted by Gasteiger charge is 2.34. The van der Waals surface area contributed by atoms with Gasteiger partial charge < -0.3 is 45.0 Å². The summed E-state index contributed by atoms with van der Waals surface area (Å²) in [6.45, 7) is 6.50. The van der Waals surface area contributed by atoms with E-state index in [1.807, 2.05) is 53.4 Å². The second-order valence-electron chi connectivity index (χ2n) is 13.7. The Morgan fingerprint density at radius 3 is 2.25 bits per heavy atom. The number of piperidine rings is 1. The number of aliphatic carboxylic acids is 2. The molecule has 300 valence electrons. The van der Waals surface area contributed by atoms with Gasteiger partial charge in [-0.2, -0.15) is 0 Å². The van der Waals surface area contributed by atoms with Gasteiger partial charge in [-0.3, -0.25) is 29.0 Å². The monoisotopic (exact) mass is 781 g/mol. The topological polar surface area (TPSA) is 204 Å². The highest BCUT2D eigenvalue weighted by Crippen LogP contribution is 2.27. The van der Waals surface area contributed by atoms with Gasteiger partial charge in [-0.1, -0.05) is 24.3 Å². The lowest BCUT2D eigenvalue weighted by atomic mass is 10.00. The first-order valence-corrected chi connectivity index (χ1v) is 18.4. The molecule has 2 saturated heterocycles. The number of pyridine rings is 2. The standard InChI is InChI=1S/C37H39N7O5.2C2H4O2/c1-42-13-15-43(16-14-42)37(47)27-9-11-39-34(19-27)44-12-10-33-32(23-44)41-36(46)29-17-28(21-38-22-29)26-3-2-4-31(18-26)48-24-35(45)40-20-25-5-7-30(49-33)8-6-25;2*1-2(3)4/h2-9,11,17-19,21-22,32-33H,10,12-16,20,23-24H2,1H3,(H,40,45)(H,41,46);2*1H3,(H,3,4)/t32-,33+;;/m1../s1. The number of hydrogen-bond acceptors (Lipinski definition) is 11. The van der Waals surface area contributed by atoms with E-state index in [4.69, 9.17) is 29.3 Å². The van der Waals surface area contributed by atoms with E-state index < -0.39 is 18.0 Å². The fourth-order valence-corrected chi connectivity index (χ4v) is 6.34. The van der Waals surface area contributed by atoms with Crippen LogP contribution in [0.3, 0.4) is 0 Å². The van der Waals surface area contributed by atoms with E-state index in [-0.39, 0.29) is 30.4 Å². The van der Waals surface area contributed by atoms with Crippen LogP contribution in [0.25, 0.3) is 11.1 Å². The van der Waals surface area contributed by atoms with Crippen molar-refractivity contribution in [2.75, 3.05) is 57.8 Å². The number of benzene rings is 2. The normalized spacial score (nSPS) is 18.3. The summed E-state index contributed by atoms with van der Waals surface area (Å²) in [6, 6.07) is 19.9. The van der Waals surface area contributed by atoms with Crippen LogP contribution in [0, 0.1) is 0 Å². The van der Waals surface area contributed by atoms with Crippen molar-refractivity contribution in [1.29, 1.82) is 0 Å². The lowest BCUT2D eigenvalue weighted by molar-refractivity contribution is -0.135. The number of piperazine rings is 1. The number of amides is 3. The van der Waals surface area contributed by atoms with Gasteiger partial charge in [-0.05, 0) is 60.6 Å². The van der Waals surface area contributed by atoms with Crippen LogP contribution in [0.1, 0.15) is 46.5 Å². The van der Waals surface area contributed by atoms with Crippen LogP contribution in [0.15, 0.2) is 85.3 Å². The molecule has 4 aliphatic heterocycles. The third-order valence-electron chi connectivity index (χ3n) is 9.21. The number of carbonyl (C=O) groups excluding carboxylic acids is 3. The van der Waals surface area contributed by atoms with Crippen LogP contribution < -0.4 is 25.0 Å². The van der Waals surface area contributed by atoms with E-state index in [1.54, 1.807) is 36.8 Å². The lowest BCUT2D eigenvalue weighted by Crippen LogP contribution is -2.57. The van der Waals surface area contributed by atoms with Crippen molar-refractivity contribution in [2.45, 2.75) is 39.0 Å². The maximum atomic E-state index is 13.8. The zero-order valence-corrected chi connectivity index (χ0v) is 32.1. The Morgan fingerprint density at radius 1 is 0.825 bits per heavy atom. The highest BCUT2D eigenvalue weighted by atomic mass is 16.5. The van der Waals surface area contributed by atoms with Crippen LogP contribution in [-0.4, -0.2) is 125 Å². The molecular formula is C41H47N7O9. The van der Waals surface area contributed by atoms with Gasteiger partial charge in [-0.25, -0.2) is 4.98 Å². The third kappa shape index (κ3) is 12.5. The Kier molecular flexibility index (Phi) is 14.5. The first-order valence-electron chi connectivity index (χ1n) is 18.4. The molecule has 4 N–H and O–H groups in total. The van der Waals surface area contributed by atoms with Gasteiger partial charge in [0.15, 0.2) is 6.61 Å². The summed E-state index contributed by atoms with van der Waals surface area (Å²) in [5.74, 6) is -0.319. The molecule has 0 saturated carbocycles. The zero-order valence-electron chi connectivity index (χ0n) is 32.1.